The van der Waals surface area contributed by atoms with Crippen LogP contribution in [0.25, 0.3) is 0 Å². The maximum absolute atomic E-state index is 12.3. The number of nitrogens with one attached hydrogen (secondary N) is 1. The first-order valence-electron chi connectivity index (χ1n) is 6.42. The largest absolute Gasteiger partial charge is 0.446 e. The quantitative estimate of drug-likeness (QED) is 0.663. The van der Waals surface area contributed by atoms with Crippen LogP contribution in [-0.2, 0) is 0 Å². The predicted octanol–water partition coefficient (Wildman–Crippen LogP) is 3.85. The van der Waals surface area contributed by atoms with Crippen LogP contribution < -0.4 is 5.32 Å². The van der Waals surface area contributed by atoms with Gasteiger partial charge in [-0.2, -0.15) is 13.2 Å². The van der Waals surface area contributed by atoms with Gasteiger partial charge in [-0.15, -0.1) is 19.0 Å². The van der Waals surface area contributed by atoms with Gasteiger partial charge in [0.25, 0.3) is 0 Å². The molecule has 0 bridgehead atoms. The summed E-state index contributed by atoms with van der Waals surface area (Å²) in [4.78, 5) is 2.49. The molecule has 1 atom stereocenters. The Labute approximate surface area is 133 Å². The van der Waals surface area contributed by atoms with Crippen LogP contribution >= 0.6 is 24.2 Å². The van der Waals surface area contributed by atoms with E-state index in [9.17, 15) is 13.2 Å². The van der Waals surface area contributed by atoms with Gasteiger partial charge in [-0.1, -0.05) is 18.2 Å². The second kappa shape index (κ2) is 8.08. The van der Waals surface area contributed by atoms with E-state index >= 15 is 0 Å². The molecule has 0 amide bonds. The van der Waals surface area contributed by atoms with Crippen LogP contribution in [0.5, 0.6) is 0 Å². The van der Waals surface area contributed by atoms with E-state index in [1.807, 2.05) is 6.08 Å². The summed E-state index contributed by atoms with van der Waals surface area (Å²) >= 11 is -0.0851. The molecule has 1 N–H and O–H groups in total. The summed E-state index contributed by atoms with van der Waals surface area (Å²) in [5.74, 6) is 0. The summed E-state index contributed by atoms with van der Waals surface area (Å²) in [6, 6.07) is 6.60. The molecule has 1 aromatic carbocycles. The van der Waals surface area contributed by atoms with E-state index in [2.05, 4.69) is 16.8 Å². The van der Waals surface area contributed by atoms with Crippen LogP contribution in [0.1, 0.15) is 11.6 Å². The zero-order valence-electron chi connectivity index (χ0n) is 11.4. The minimum atomic E-state index is -4.24. The van der Waals surface area contributed by atoms with Gasteiger partial charge in [-0.05, 0) is 29.5 Å². The molecule has 0 spiro atoms. The van der Waals surface area contributed by atoms with Crippen molar-refractivity contribution in [3.63, 3.8) is 0 Å². The van der Waals surface area contributed by atoms with Crippen LogP contribution in [0.4, 0.5) is 13.2 Å². The number of halogens is 4. The zero-order chi connectivity index (χ0) is 14.6. The van der Waals surface area contributed by atoms with Crippen molar-refractivity contribution in [2.75, 3.05) is 26.2 Å². The van der Waals surface area contributed by atoms with Crippen molar-refractivity contribution in [1.29, 1.82) is 0 Å². The second-order valence-electron chi connectivity index (χ2n) is 4.58. The highest BCUT2D eigenvalue weighted by molar-refractivity contribution is 8.00. The SMILES string of the molecule is C=C[C@H](c1ccc(SC(F)(F)F)cc1)N1CCNCC1.Cl. The lowest BCUT2D eigenvalue weighted by molar-refractivity contribution is -0.0328. The molecule has 2 nitrogen and oxygen atoms in total. The Morgan fingerprint density at radius 1 is 1.19 bits per heavy atom. The molecule has 1 heterocycles. The van der Waals surface area contributed by atoms with Gasteiger partial charge < -0.3 is 5.32 Å². The predicted molar refractivity (Wildman–Crippen MR) is 83.0 cm³/mol. The molecule has 0 saturated carbocycles. The summed E-state index contributed by atoms with van der Waals surface area (Å²) in [5, 5.41) is 3.28. The minimum absolute atomic E-state index is 0. The number of benzene rings is 1. The second-order valence-corrected chi connectivity index (χ2v) is 5.72. The highest BCUT2D eigenvalue weighted by Crippen LogP contribution is 2.37. The molecular weight excluding hydrogens is 321 g/mol. The van der Waals surface area contributed by atoms with Crippen molar-refractivity contribution >= 4 is 24.2 Å². The standard InChI is InChI=1S/C14H17F3N2S.ClH/c1-2-13(19-9-7-18-8-10-19)11-3-5-12(6-4-11)20-14(15,16)17;/h2-6,13,18H,1,7-10H2;1H/t13-;/m1./s1. The summed E-state index contributed by atoms with van der Waals surface area (Å²) in [6.07, 6.45) is 1.84. The molecule has 1 saturated heterocycles. The lowest BCUT2D eigenvalue weighted by Crippen LogP contribution is -2.44. The highest BCUT2D eigenvalue weighted by Gasteiger charge is 2.29. The topological polar surface area (TPSA) is 15.3 Å². The van der Waals surface area contributed by atoms with Gasteiger partial charge in [-0.3, -0.25) is 4.90 Å². The van der Waals surface area contributed by atoms with E-state index in [0.29, 0.717) is 0 Å². The summed E-state index contributed by atoms with van der Waals surface area (Å²) in [6.45, 7) is 7.52. The van der Waals surface area contributed by atoms with Crippen molar-refractivity contribution in [3.8, 4) is 0 Å². The fourth-order valence-corrected chi connectivity index (χ4v) is 2.86. The number of thioether (sulfide) groups is 1. The molecule has 21 heavy (non-hydrogen) atoms. The van der Waals surface area contributed by atoms with Gasteiger partial charge >= 0.3 is 5.51 Å². The third-order valence-electron chi connectivity index (χ3n) is 3.22. The fraction of sp³-hybridized carbons (Fsp3) is 0.429. The third-order valence-corrected chi connectivity index (χ3v) is 3.96. The van der Waals surface area contributed by atoms with Crippen LogP contribution in [-0.4, -0.2) is 36.6 Å². The van der Waals surface area contributed by atoms with E-state index in [1.54, 1.807) is 12.1 Å². The van der Waals surface area contributed by atoms with Crippen molar-refractivity contribution in [2.45, 2.75) is 16.4 Å². The smallest absolute Gasteiger partial charge is 0.314 e. The van der Waals surface area contributed by atoms with Gasteiger partial charge in [0.2, 0.25) is 0 Å². The maximum Gasteiger partial charge on any atom is 0.446 e. The first-order valence-corrected chi connectivity index (χ1v) is 7.24. The van der Waals surface area contributed by atoms with Gasteiger partial charge in [0, 0.05) is 31.1 Å². The average Bonchev–Trinajstić information content (AvgIpc) is 2.41. The molecule has 0 aromatic heterocycles. The molecule has 1 aromatic rings. The van der Waals surface area contributed by atoms with E-state index < -0.39 is 5.51 Å². The van der Waals surface area contributed by atoms with E-state index in [1.165, 1.54) is 12.1 Å². The van der Waals surface area contributed by atoms with Crippen LogP contribution in [0.2, 0.25) is 0 Å². The lowest BCUT2D eigenvalue weighted by atomic mass is 10.0. The molecule has 1 aliphatic rings. The summed E-state index contributed by atoms with van der Waals surface area (Å²) in [5.41, 5.74) is -3.26. The Kier molecular flexibility index (Phi) is 7.06. The Balaban J connectivity index is 0.00000220. The molecule has 2 rings (SSSR count). The first kappa shape index (κ1) is 18.4. The van der Waals surface area contributed by atoms with Gasteiger partial charge in [0.15, 0.2) is 0 Å². The molecule has 0 aliphatic carbocycles. The fourth-order valence-electron chi connectivity index (χ4n) is 2.32. The van der Waals surface area contributed by atoms with Crippen molar-refractivity contribution in [3.05, 3.63) is 42.5 Å². The first-order chi connectivity index (χ1) is 9.49. The van der Waals surface area contributed by atoms with Gasteiger partial charge in [0.05, 0.1) is 6.04 Å². The Bertz CT molecular complexity index is 445. The Hall–Kier alpha value is -0.690. The van der Waals surface area contributed by atoms with Gasteiger partial charge in [-0.25, -0.2) is 0 Å². The maximum atomic E-state index is 12.3. The van der Waals surface area contributed by atoms with E-state index in [0.717, 1.165) is 31.7 Å². The van der Waals surface area contributed by atoms with E-state index in [-0.39, 0.29) is 35.1 Å². The summed E-state index contributed by atoms with van der Waals surface area (Å²) in [7, 11) is 0. The highest BCUT2D eigenvalue weighted by atomic mass is 35.5. The van der Waals surface area contributed by atoms with Gasteiger partial charge in [0.1, 0.15) is 0 Å². The number of hydrogen-bond donors (Lipinski definition) is 1. The van der Waals surface area contributed by atoms with Crippen molar-refractivity contribution in [2.24, 2.45) is 0 Å². The molecule has 1 fully saturated rings. The molecule has 118 valence electrons. The number of nitrogens with zero attached hydrogens (tertiary/aromatic N) is 1. The van der Waals surface area contributed by atoms with Crippen LogP contribution in [0.3, 0.4) is 0 Å². The molecular formula is C14H18ClF3N2S. The monoisotopic (exact) mass is 338 g/mol. The number of hydrogen-bond acceptors (Lipinski definition) is 3. The van der Waals surface area contributed by atoms with E-state index in [4.69, 9.17) is 0 Å². The van der Waals surface area contributed by atoms with Crippen molar-refractivity contribution < 1.29 is 13.2 Å². The molecule has 7 heteroatoms. The minimum Gasteiger partial charge on any atom is -0.314 e. The Morgan fingerprint density at radius 2 is 1.76 bits per heavy atom. The number of alkyl halides is 3. The number of piperazine rings is 1. The molecule has 0 unspecified atom stereocenters. The Morgan fingerprint density at radius 3 is 2.24 bits per heavy atom. The van der Waals surface area contributed by atoms with Crippen LogP contribution in [0.15, 0.2) is 41.8 Å². The van der Waals surface area contributed by atoms with Crippen LogP contribution in [0, 0.1) is 0 Å². The zero-order valence-corrected chi connectivity index (χ0v) is 13.0. The normalized spacial score (nSPS) is 17.9. The number of rotatable bonds is 4. The molecule has 0 radical (unpaired) electrons. The average molecular weight is 339 g/mol. The molecule has 1 aliphatic heterocycles. The third kappa shape index (κ3) is 5.54. The summed E-state index contributed by atoms with van der Waals surface area (Å²) < 4.78 is 36.9. The lowest BCUT2D eigenvalue weighted by Gasteiger charge is -2.33. The van der Waals surface area contributed by atoms with Crippen molar-refractivity contribution in [1.82, 2.24) is 10.2 Å².